The van der Waals surface area contributed by atoms with Gasteiger partial charge in [0.05, 0.1) is 5.48 Å². The summed E-state index contributed by atoms with van der Waals surface area (Å²) in [4.78, 5) is 0. The van der Waals surface area contributed by atoms with Gasteiger partial charge in [0.25, 0.3) is 0 Å². The third kappa shape index (κ3) is 9.92. The summed E-state index contributed by atoms with van der Waals surface area (Å²) in [5.41, 5.74) is 0. The van der Waals surface area contributed by atoms with E-state index in [0.29, 0.717) is 12.8 Å². The third-order valence-corrected chi connectivity index (χ3v) is 1.83. The molecule has 0 saturated heterocycles. The summed E-state index contributed by atoms with van der Waals surface area (Å²) in [6.45, 7) is -4.10. The van der Waals surface area contributed by atoms with Crippen molar-refractivity contribution in [3.05, 3.63) is 0 Å². The first-order valence-electron chi connectivity index (χ1n) is 6.65. The molecule has 74 valence electrons. The van der Waals surface area contributed by atoms with Crippen molar-refractivity contribution in [3.8, 4) is 0 Å². The summed E-state index contributed by atoms with van der Waals surface area (Å²) in [5.74, 6) is 0. The Labute approximate surface area is 81.2 Å². The molecule has 0 aliphatic rings. The average molecular weight is 178 g/mol. The molecule has 0 rings (SSSR count). The van der Waals surface area contributed by atoms with E-state index in [0.717, 1.165) is 25.7 Å². The van der Waals surface area contributed by atoms with Crippen LogP contribution in [0.15, 0.2) is 0 Å². The second-order valence-electron chi connectivity index (χ2n) is 2.94. The van der Waals surface area contributed by atoms with E-state index in [1.807, 2.05) is 0 Å². The monoisotopic (exact) mass is 178 g/mol. The highest BCUT2D eigenvalue weighted by molar-refractivity contribution is 4.45. The van der Waals surface area contributed by atoms with Crippen molar-refractivity contribution in [2.45, 2.75) is 51.4 Å². The van der Waals surface area contributed by atoms with Crippen LogP contribution < -0.4 is 0 Å². The predicted octanol–water partition coefficient (Wildman–Crippen LogP) is 2.09. The quantitative estimate of drug-likeness (QED) is 0.531. The molecular formula is C10H22O2. The Balaban J connectivity index is 3.17. The van der Waals surface area contributed by atoms with Crippen LogP contribution in [0.3, 0.4) is 0 Å². The molecule has 0 atom stereocenters. The highest BCUT2D eigenvalue weighted by Gasteiger charge is 1.90. The van der Waals surface area contributed by atoms with Crippen LogP contribution in [0.4, 0.5) is 0 Å². The summed E-state index contributed by atoms with van der Waals surface area (Å²) in [6, 6.07) is 0. The zero-order valence-electron chi connectivity index (χ0n) is 11.6. The van der Waals surface area contributed by atoms with Crippen molar-refractivity contribution in [2.75, 3.05) is 13.1 Å². The van der Waals surface area contributed by atoms with E-state index in [2.05, 4.69) is 0 Å². The lowest BCUT2D eigenvalue weighted by Crippen LogP contribution is -1.85. The molecular weight excluding hydrogens is 152 g/mol. The number of hydrogen-bond donors (Lipinski definition) is 2. The first-order chi connectivity index (χ1) is 7.21. The molecule has 2 nitrogen and oxygen atoms in total. The average Bonchev–Trinajstić information content (AvgIpc) is 2.06. The second-order valence-corrected chi connectivity index (χ2v) is 2.94. The zero-order chi connectivity index (χ0) is 12.7. The molecule has 0 aliphatic carbocycles. The van der Waals surface area contributed by atoms with E-state index < -0.39 is 13.1 Å². The summed E-state index contributed by atoms with van der Waals surface area (Å²) in [5, 5.41) is 17.6. The van der Waals surface area contributed by atoms with E-state index in [9.17, 15) is 0 Å². The van der Waals surface area contributed by atoms with E-state index in [1.165, 1.54) is 0 Å². The molecule has 0 fully saturated rings. The van der Waals surface area contributed by atoms with Crippen LogP contribution in [-0.4, -0.2) is 23.3 Å². The van der Waals surface area contributed by atoms with Gasteiger partial charge in [0.2, 0.25) is 0 Å². The Morgan fingerprint density at radius 1 is 0.583 bits per heavy atom. The van der Waals surface area contributed by atoms with Crippen LogP contribution in [0, 0.1) is 0 Å². The van der Waals surface area contributed by atoms with Crippen molar-refractivity contribution >= 4 is 0 Å². The fourth-order valence-electron chi connectivity index (χ4n) is 1.12. The van der Waals surface area contributed by atoms with Gasteiger partial charge in [-0.3, -0.25) is 0 Å². The van der Waals surface area contributed by atoms with E-state index in [-0.39, 0.29) is 12.8 Å². The standard InChI is InChI=1S/C10H22O2/c11-9-7-5-3-1-2-4-6-8-10-12/h11-12H,1-10H2/i9D2,10D2. The van der Waals surface area contributed by atoms with Gasteiger partial charge in [-0.05, 0) is 12.8 Å². The molecule has 0 spiro atoms. The molecule has 0 saturated carbocycles. The van der Waals surface area contributed by atoms with Crippen molar-refractivity contribution < 1.29 is 15.7 Å². The largest absolute Gasteiger partial charge is 0.396 e. The van der Waals surface area contributed by atoms with Crippen molar-refractivity contribution in [2.24, 2.45) is 0 Å². The van der Waals surface area contributed by atoms with Crippen LogP contribution in [0.5, 0.6) is 0 Å². The van der Waals surface area contributed by atoms with Gasteiger partial charge in [0, 0.05) is 13.1 Å². The minimum Gasteiger partial charge on any atom is -0.396 e. The highest BCUT2D eigenvalue weighted by Crippen LogP contribution is 2.07. The first-order valence-corrected chi connectivity index (χ1v) is 4.65. The van der Waals surface area contributed by atoms with E-state index >= 15 is 0 Å². The van der Waals surface area contributed by atoms with Crippen LogP contribution >= 0.6 is 0 Å². The van der Waals surface area contributed by atoms with Crippen molar-refractivity contribution in [1.82, 2.24) is 0 Å². The Bertz CT molecular complexity index is 155. The molecule has 0 aromatic rings. The van der Waals surface area contributed by atoms with Gasteiger partial charge < -0.3 is 10.2 Å². The Morgan fingerprint density at radius 2 is 0.833 bits per heavy atom. The van der Waals surface area contributed by atoms with Crippen LogP contribution in [0.1, 0.15) is 56.8 Å². The smallest absolute Gasteiger partial charge is 0.0564 e. The molecule has 0 aromatic carbocycles. The summed E-state index contributed by atoms with van der Waals surface area (Å²) in [7, 11) is 0. The van der Waals surface area contributed by atoms with Gasteiger partial charge in [-0.15, -0.1) is 0 Å². The Kier molecular flexibility index (Phi) is 5.81. The molecule has 0 heterocycles. The second kappa shape index (κ2) is 10.9. The normalized spacial score (nSPS) is 17.8. The molecule has 0 unspecified atom stereocenters. The predicted molar refractivity (Wildman–Crippen MR) is 51.1 cm³/mol. The summed E-state index contributed by atoms with van der Waals surface area (Å²) in [6.07, 6.45) is 5.38. The first kappa shape index (κ1) is 6.39. The summed E-state index contributed by atoms with van der Waals surface area (Å²) < 4.78 is 27.6. The Morgan fingerprint density at radius 3 is 1.08 bits per heavy atom. The van der Waals surface area contributed by atoms with Gasteiger partial charge in [0.1, 0.15) is 0 Å². The van der Waals surface area contributed by atoms with Crippen LogP contribution in [0.25, 0.3) is 0 Å². The molecule has 0 aromatic heterocycles. The maximum atomic E-state index is 8.81. The lowest BCUT2D eigenvalue weighted by atomic mass is 10.1. The SMILES string of the molecule is [2H]C([2H])(O)CCCCCCCCC([2H])([2H])O. The Hall–Kier alpha value is -0.0800. The minimum absolute atomic E-state index is 0.173. The number of unbranched alkanes of at least 4 members (excludes halogenated alkanes) is 5. The lowest BCUT2D eigenvalue weighted by molar-refractivity contribution is 0.279. The van der Waals surface area contributed by atoms with Crippen LogP contribution in [-0.2, 0) is 0 Å². The molecule has 12 heavy (non-hydrogen) atoms. The number of hydrogen-bond acceptors (Lipinski definition) is 2. The third-order valence-electron chi connectivity index (χ3n) is 1.83. The van der Waals surface area contributed by atoms with Crippen molar-refractivity contribution in [3.63, 3.8) is 0 Å². The highest BCUT2D eigenvalue weighted by atomic mass is 16.3. The van der Waals surface area contributed by atoms with Gasteiger partial charge in [-0.2, -0.15) is 0 Å². The van der Waals surface area contributed by atoms with Gasteiger partial charge in [0.15, 0.2) is 0 Å². The maximum Gasteiger partial charge on any atom is 0.0564 e. The number of aliphatic hydroxyl groups is 2. The lowest BCUT2D eigenvalue weighted by Gasteiger charge is -1.99. The zero-order valence-corrected chi connectivity index (χ0v) is 7.55. The van der Waals surface area contributed by atoms with Gasteiger partial charge in [-0.1, -0.05) is 38.5 Å². The molecule has 0 bridgehead atoms. The van der Waals surface area contributed by atoms with Gasteiger partial charge in [-0.25, -0.2) is 0 Å². The molecule has 2 N–H and O–H groups in total. The fraction of sp³-hybridized carbons (Fsp3) is 1.00. The molecule has 2 heteroatoms. The fourth-order valence-corrected chi connectivity index (χ4v) is 1.12. The molecule has 0 radical (unpaired) electrons. The van der Waals surface area contributed by atoms with Gasteiger partial charge >= 0.3 is 0 Å². The van der Waals surface area contributed by atoms with E-state index in [4.69, 9.17) is 15.7 Å². The maximum absolute atomic E-state index is 8.81. The molecule has 0 amide bonds. The molecule has 0 aliphatic heterocycles. The topological polar surface area (TPSA) is 40.5 Å². The van der Waals surface area contributed by atoms with Crippen molar-refractivity contribution in [1.29, 1.82) is 0 Å². The summed E-state index contributed by atoms with van der Waals surface area (Å²) >= 11 is 0. The van der Waals surface area contributed by atoms with E-state index in [1.54, 1.807) is 0 Å². The van der Waals surface area contributed by atoms with Crippen LogP contribution in [0.2, 0.25) is 0 Å². The minimum atomic E-state index is -2.05. The number of rotatable bonds is 9.